The van der Waals surface area contributed by atoms with Crippen molar-refractivity contribution in [3.63, 3.8) is 0 Å². The van der Waals surface area contributed by atoms with Crippen LogP contribution in [0.3, 0.4) is 0 Å². The summed E-state index contributed by atoms with van der Waals surface area (Å²) < 4.78 is 0. The zero-order valence-electron chi connectivity index (χ0n) is 19.7. The van der Waals surface area contributed by atoms with Crippen molar-refractivity contribution in [3.8, 4) is 33.6 Å². The molecule has 2 aliphatic heterocycles. The van der Waals surface area contributed by atoms with Crippen molar-refractivity contribution in [2.45, 2.75) is 37.8 Å². The fraction of sp³-hybridized carbons (Fsp3) is 0.310. The average Bonchev–Trinajstić information content (AvgIpc) is 3.43. The summed E-state index contributed by atoms with van der Waals surface area (Å²) in [6.45, 7) is 2.07. The van der Waals surface area contributed by atoms with Crippen molar-refractivity contribution >= 4 is 0 Å². The summed E-state index contributed by atoms with van der Waals surface area (Å²) in [6.07, 6.45) is 11.3. The van der Waals surface area contributed by atoms with Gasteiger partial charge in [-0.2, -0.15) is 0 Å². The van der Waals surface area contributed by atoms with E-state index >= 15 is 0 Å². The molecule has 4 N–H and O–H groups in total. The Labute approximate surface area is 205 Å². The van der Waals surface area contributed by atoms with E-state index in [4.69, 9.17) is 0 Å². The molecule has 0 amide bonds. The number of nitrogens with zero attached hydrogens (tertiary/aromatic N) is 2. The normalized spacial score (nSPS) is 22.0. The predicted molar refractivity (Wildman–Crippen MR) is 139 cm³/mol. The van der Waals surface area contributed by atoms with E-state index < -0.39 is 0 Å². The minimum absolute atomic E-state index is 0.206. The van der Waals surface area contributed by atoms with Gasteiger partial charge in [0.05, 0.1) is 35.9 Å². The third-order valence-corrected chi connectivity index (χ3v) is 7.61. The third-order valence-electron chi connectivity index (χ3n) is 7.61. The SMILES string of the molecule is C1=C(C2CC2)CN[C@@H]1c1ncc(-c2ccc(-c3ccc(-c4cnc([C@@H]5CCCN5)[nH]4)cc3)cc2)[nH]1. The largest absolute Gasteiger partial charge is 0.341 e. The molecule has 2 aromatic heterocycles. The van der Waals surface area contributed by atoms with E-state index in [-0.39, 0.29) is 6.04 Å². The zero-order valence-corrected chi connectivity index (χ0v) is 19.7. The molecule has 35 heavy (non-hydrogen) atoms. The number of imidazole rings is 2. The van der Waals surface area contributed by atoms with Crippen LogP contribution in [0.2, 0.25) is 0 Å². The summed E-state index contributed by atoms with van der Waals surface area (Å²) >= 11 is 0. The Kier molecular flexibility index (Phi) is 5.14. The number of hydrogen-bond donors (Lipinski definition) is 4. The van der Waals surface area contributed by atoms with E-state index in [0.717, 1.165) is 59.6 Å². The van der Waals surface area contributed by atoms with Gasteiger partial charge in [0.1, 0.15) is 11.6 Å². The molecule has 3 aliphatic rings. The van der Waals surface area contributed by atoms with Crippen LogP contribution in [0.4, 0.5) is 0 Å². The molecule has 2 atom stereocenters. The summed E-state index contributed by atoms with van der Waals surface area (Å²) in [7, 11) is 0. The number of nitrogens with one attached hydrogen (secondary N) is 4. The van der Waals surface area contributed by atoms with Gasteiger partial charge in [-0.1, -0.05) is 60.2 Å². The summed E-state index contributed by atoms with van der Waals surface area (Å²) in [6, 6.07) is 18.0. The monoisotopic (exact) mass is 462 g/mol. The van der Waals surface area contributed by atoms with Crippen LogP contribution in [0.1, 0.15) is 49.4 Å². The molecule has 2 aromatic carbocycles. The Balaban J connectivity index is 1.05. The van der Waals surface area contributed by atoms with E-state index in [9.17, 15) is 0 Å². The van der Waals surface area contributed by atoms with Gasteiger partial charge in [0.2, 0.25) is 0 Å². The van der Waals surface area contributed by atoms with E-state index in [2.05, 4.69) is 85.2 Å². The number of aromatic amines is 2. The van der Waals surface area contributed by atoms with Crippen LogP contribution in [-0.2, 0) is 0 Å². The van der Waals surface area contributed by atoms with Crippen molar-refractivity contribution < 1.29 is 0 Å². The smallest absolute Gasteiger partial charge is 0.127 e. The Bertz CT molecular complexity index is 1350. The number of benzene rings is 2. The summed E-state index contributed by atoms with van der Waals surface area (Å²) in [5, 5.41) is 7.08. The van der Waals surface area contributed by atoms with Crippen molar-refractivity contribution in [2.75, 3.05) is 13.1 Å². The second kappa shape index (κ2) is 8.63. The van der Waals surface area contributed by atoms with E-state index in [1.54, 1.807) is 5.57 Å². The second-order valence-electron chi connectivity index (χ2n) is 10.0. The first-order valence-corrected chi connectivity index (χ1v) is 12.8. The molecule has 4 heterocycles. The number of rotatable bonds is 6. The van der Waals surface area contributed by atoms with E-state index in [1.165, 1.54) is 30.4 Å². The molecule has 176 valence electrons. The predicted octanol–water partition coefficient (Wildman–Crippen LogP) is 5.54. The van der Waals surface area contributed by atoms with Crippen molar-refractivity contribution in [3.05, 3.63) is 84.2 Å². The highest BCUT2D eigenvalue weighted by Gasteiger charge is 2.30. The quantitative estimate of drug-likeness (QED) is 0.284. The van der Waals surface area contributed by atoms with Gasteiger partial charge in [-0.3, -0.25) is 0 Å². The minimum Gasteiger partial charge on any atom is -0.341 e. The first-order valence-electron chi connectivity index (χ1n) is 12.8. The standard InChI is InChI=1S/C29H30N6/c1-2-24(30-13-1)28-32-16-26(34-28)21-9-5-18(6-10-21)19-7-11-22(12-8-19)27-17-33-29(35-27)25-14-23(15-31-25)20-3-4-20/h5-12,14,16-17,20,24-25,30-31H,1-4,13,15H2,(H,32,34)(H,33,35)/t24-,25-/m0/s1. The van der Waals surface area contributed by atoms with E-state index in [1.807, 2.05) is 12.4 Å². The fourth-order valence-electron chi connectivity index (χ4n) is 5.37. The lowest BCUT2D eigenvalue weighted by atomic mass is 10.0. The Morgan fingerprint density at radius 1 is 0.657 bits per heavy atom. The first kappa shape index (κ1) is 20.9. The third kappa shape index (κ3) is 4.13. The van der Waals surface area contributed by atoms with Crippen LogP contribution in [0.15, 0.2) is 72.6 Å². The van der Waals surface area contributed by atoms with Crippen LogP contribution in [0.5, 0.6) is 0 Å². The van der Waals surface area contributed by atoms with Gasteiger partial charge in [-0.05, 0) is 60.4 Å². The lowest BCUT2D eigenvalue weighted by molar-refractivity contribution is 0.613. The van der Waals surface area contributed by atoms with Gasteiger partial charge in [0, 0.05) is 6.54 Å². The van der Waals surface area contributed by atoms with Crippen LogP contribution in [0.25, 0.3) is 33.6 Å². The molecule has 2 fully saturated rings. The summed E-state index contributed by atoms with van der Waals surface area (Å²) in [4.78, 5) is 16.3. The van der Waals surface area contributed by atoms with Gasteiger partial charge < -0.3 is 20.6 Å². The fourth-order valence-corrected chi connectivity index (χ4v) is 5.37. The van der Waals surface area contributed by atoms with Gasteiger partial charge in [0.25, 0.3) is 0 Å². The van der Waals surface area contributed by atoms with Gasteiger partial charge in [-0.15, -0.1) is 0 Å². The van der Waals surface area contributed by atoms with Gasteiger partial charge in [0.15, 0.2) is 0 Å². The van der Waals surface area contributed by atoms with Crippen LogP contribution >= 0.6 is 0 Å². The van der Waals surface area contributed by atoms with Crippen LogP contribution in [-0.4, -0.2) is 33.0 Å². The molecule has 1 saturated carbocycles. The number of H-pyrrole nitrogens is 2. The Hall–Kier alpha value is -3.48. The topological polar surface area (TPSA) is 81.4 Å². The van der Waals surface area contributed by atoms with E-state index in [0.29, 0.717) is 6.04 Å². The van der Waals surface area contributed by atoms with Crippen LogP contribution in [0, 0.1) is 5.92 Å². The molecule has 0 spiro atoms. The van der Waals surface area contributed by atoms with Crippen molar-refractivity contribution in [2.24, 2.45) is 5.92 Å². The molecule has 1 saturated heterocycles. The maximum atomic E-state index is 4.66. The maximum Gasteiger partial charge on any atom is 0.127 e. The molecule has 4 aromatic rings. The number of hydrogen-bond acceptors (Lipinski definition) is 4. The Morgan fingerprint density at radius 2 is 1.26 bits per heavy atom. The molecule has 1 aliphatic carbocycles. The highest BCUT2D eigenvalue weighted by molar-refractivity contribution is 5.71. The zero-order chi connectivity index (χ0) is 23.2. The molecule has 6 heteroatoms. The molecule has 6 nitrogen and oxygen atoms in total. The highest BCUT2D eigenvalue weighted by atomic mass is 15.0. The van der Waals surface area contributed by atoms with Gasteiger partial charge in [-0.25, -0.2) is 9.97 Å². The molecule has 0 unspecified atom stereocenters. The first-order chi connectivity index (χ1) is 17.3. The minimum atomic E-state index is 0.206. The van der Waals surface area contributed by atoms with Crippen molar-refractivity contribution in [1.29, 1.82) is 0 Å². The molecular formula is C29H30N6. The average molecular weight is 463 g/mol. The molecular weight excluding hydrogens is 432 g/mol. The maximum absolute atomic E-state index is 4.66. The lowest BCUT2D eigenvalue weighted by Gasteiger charge is -2.07. The molecule has 0 radical (unpaired) electrons. The van der Waals surface area contributed by atoms with Crippen molar-refractivity contribution in [1.82, 2.24) is 30.6 Å². The summed E-state index contributed by atoms with van der Waals surface area (Å²) in [5.41, 5.74) is 8.41. The number of aromatic nitrogens is 4. The second-order valence-corrected chi connectivity index (χ2v) is 10.0. The lowest BCUT2D eigenvalue weighted by Crippen LogP contribution is -2.16. The van der Waals surface area contributed by atoms with Crippen LogP contribution < -0.4 is 10.6 Å². The molecule has 0 bridgehead atoms. The van der Waals surface area contributed by atoms with Gasteiger partial charge >= 0.3 is 0 Å². The highest BCUT2D eigenvalue weighted by Crippen LogP contribution is 2.39. The summed E-state index contributed by atoms with van der Waals surface area (Å²) in [5.74, 6) is 2.86. The molecule has 7 rings (SSSR count). The Morgan fingerprint density at radius 3 is 1.86 bits per heavy atom.